The second kappa shape index (κ2) is 26.8. The van der Waals surface area contributed by atoms with Gasteiger partial charge in [0.1, 0.15) is 11.5 Å². The zero-order valence-electron chi connectivity index (χ0n) is 43.2. The third-order valence-corrected chi connectivity index (χ3v) is 13.1. The van der Waals surface area contributed by atoms with Crippen molar-refractivity contribution in [1.29, 1.82) is 0 Å². The molecule has 1 N–H and O–H groups in total. The Kier molecular flexibility index (Phi) is 22.5. The normalized spacial score (nSPS) is 15.4. The number of sulfone groups is 1. The van der Waals surface area contributed by atoms with Crippen LogP contribution in [0.15, 0.2) is 97.3 Å². The van der Waals surface area contributed by atoms with Gasteiger partial charge in [-0.05, 0) is 132 Å². The molecule has 1 fully saturated rings. The number of hydrogen-bond acceptors (Lipinski definition) is 11. The third kappa shape index (κ3) is 19.2. The lowest BCUT2D eigenvalue weighted by atomic mass is 9.84. The monoisotopic (exact) mass is 1160 g/mol. The summed E-state index contributed by atoms with van der Waals surface area (Å²) in [4.78, 5) is 50.4. The second-order valence-electron chi connectivity index (χ2n) is 19.5. The third-order valence-electron chi connectivity index (χ3n) is 10.9. The Morgan fingerprint density at radius 2 is 1.20 bits per heavy atom. The van der Waals surface area contributed by atoms with E-state index >= 15 is 0 Å². The molecule has 1 saturated heterocycles. The maximum Gasteiger partial charge on any atom is 0.238 e. The van der Waals surface area contributed by atoms with Crippen molar-refractivity contribution < 1.29 is 50.2 Å². The molecule has 14 nitrogen and oxygen atoms in total. The minimum absolute atomic E-state index is 0. The summed E-state index contributed by atoms with van der Waals surface area (Å²) in [5, 5.41) is 0. The fourth-order valence-corrected chi connectivity index (χ4v) is 9.11. The summed E-state index contributed by atoms with van der Waals surface area (Å²) in [6, 6.07) is 21.5. The molecule has 0 spiro atoms. The van der Waals surface area contributed by atoms with Crippen molar-refractivity contribution in [1.82, 2.24) is 0 Å². The number of nitrogens with zero attached hydrogens (tertiary/aromatic N) is 2. The molecule has 396 valence electrons. The molecule has 3 aliphatic rings. The van der Waals surface area contributed by atoms with Gasteiger partial charge >= 0.3 is 0 Å². The number of halogens is 1. The highest BCUT2D eigenvalue weighted by Gasteiger charge is 2.28. The fraction of sp³-hybridized carbons (Fsp3) is 0.368. The lowest BCUT2D eigenvalue weighted by Crippen LogP contribution is -2.31. The van der Waals surface area contributed by atoms with Crippen LogP contribution in [0.5, 0.6) is 11.5 Å². The van der Waals surface area contributed by atoms with E-state index in [-0.39, 0.29) is 60.2 Å². The number of nitrogens with one attached hydrogen (secondary N) is 1. The number of hydrogen-bond donors (Lipinski definition) is 1. The van der Waals surface area contributed by atoms with Crippen LogP contribution in [0.25, 0.3) is 0 Å². The number of sulfonamides is 1. The molecule has 4 aromatic carbocycles. The van der Waals surface area contributed by atoms with Gasteiger partial charge in [-0.15, -0.1) is 6.42 Å². The number of benzene rings is 4. The van der Waals surface area contributed by atoms with Gasteiger partial charge in [-0.1, -0.05) is 78.9 Å². The standard InChI is InChI=1S/C26H27NO5S.C18H19NO3.C7H8INO2S.C5H10O.CH4/c1-26(2,3)23-15-21(27-13-12-22(28)16-24(27)29)14-20(25(23)32-4)11-10-18-6-8-19(9-7-18)17-33(5,30)31;1-6-12-9-13(19-8-7-14(20)11-16(19)21)10-15(17(12)22-5)18(2,3)4;1-12(10,11)9-7-4-2-6(8)3-5-7;1-5-3-2-4-6-5;/h6-9,12-15H,16-17H2,1-5H3;1,7-10H,11H2,2-5H3;2-5,9H,1H3;5H,2-4H2,1H3;1H4. The molecule has 3 aliphatic heterocycles. The number of carbonyl (C=O) groups excluding carboxylic acids is 4. The van der Waals surface area contributed by atoms with E-state index in [1.807, 2.05) is 65.8 Å². The second-order valence-corrected chi connectivity index (χ2v) is 24.6. The molecule has 3 heterocycles. The minimum Gasteiger partial charge on any atom is -0.495 e. The minimum atomic E-state index is -3.14. The maximum absolute atomic E-state index is 12.5. The quantitative estimate of drug-likeness (QED) is 0.101. The highest BCUT2D eigenvalue weighted by atomic mass is 127. The number of terminal acetylenes is 1. The molecule has 17 heteroatoms. The van der Waals surface area contributed by atoms with Gasteiger partial charge in [0.05, 0.1) is 67.7 Å². The lowest BCUT2D eigenvalue weighted by Gasteiger charge is -2.27. The van der Waals surface area contributed by atoms with Crippen LogP contribution in [-0.2, 0) is 60.4 Å². The summed E-state index contributed by atoms with van der Waals surface area (Å²) < 4.78 is 64.3. The Balaban J connectivity index is 0.000000300. The SMILES string of the molecule is C.C#Cc1cc(N2C=CC(=O)CC2=O)cc(C(C)(C)C)c1OC.CC1CCCO1.COc1c(C#Cc2ccc(CS(C)(=O)=O)cc2)cc(N2C=CC(=O)CC2=O)cc1C(C)(C)C.CS(=O)(=O)Nc1ccc(I)cc1. The number of carbonyl (C=O) groups is 4. The Hall–Kier alpha value is -6.25. The van der Waals surface area contributed by atoms with Crippen LogP contribution < -0.4 is 24.0 Å². The highest BCUT2D eigenvalue weighted by Crippen LogP contribution is 2.39. The number of rotatable bonds is 8. The summed E-state index contributed by atoms with van der Waals surface area (Å²) in [5.74, 6) is 9.11. The van der Waals surface area contributed by atoms with Crippen LogP contribution in [0.3, 0.4) is 0 Å². The van der Waals surface area contributed by atoms with E-state index in [1.165, 1.54) is 53.4 Å². The molecule has 74 heavy (non-hydrogen) atoms. The van der Waals surface area contributed by atoms with Gasteiger partial charge < -0.3 is 14.2 Å². The summed E-state index contributed by atoms with van der Waals surface area (Å²) in [6.45, 7) is 15.4. The first-order valence-corrected chi connectivity index (χ1v) is 28.2. The molecule has 0 aliphatic carbocycles. The summed E-state index contributed by atoms with van der Waals surface area (Å²) in [5.41, 5.74) is 5.77. The van der Waals surface area contributed by atoms with Gasteiger partial charge in [-0.3, -0.25) is 33.7 Å². The van der Waals surface area contributed by atoms with Gasteiger partial charge in [-0.25, -0.2) is 16.8 Å². The van der Waals surface area contributed by atoms with Crippen LogP contribution in [0.4, 0.5) is 17.1 Å². The Morgan fingerprint density at radius 1 is 0.730 bits per heavy atom. The molecule has 4 aromatic rings. The van der Waals surface area contributed by atoms with Gasteiger partial charge in [0.15, 0.2) is 21.4 Å². The predicted octanol–water partition coefficient (Wildman–Crippen LogP) is 10.0. The average molecular weight is 1160 g/mol. The smallest absolute Gasteiger partial charge is 0.238 e. The van der Waals surface area contributed by atoms with Crippen molar-refractivity contribution in [3.05, 3.63) is 134 Å². The molecule has 0 saturated carbocycles. The van der Waals surface area contributed by atoms with Crippen LogP contribution >= 0.6 is 22.6 Å². The van der Waals surface area contributed by atoms with E-state index in [0.717, 1.165) is 33.1 Å². The first-order valence-electron chi connectivity index (χ1n) is 23.1. The number of amides is 2. The van der Waals surface area contributed by atoms with Crippen molar-refractivity contribution in [2.24, 2.45) is 0 Å². The van der Waals surface area contributed by atoms with E-state index < -0.39 is 19.9 Å². The van der Waals surface area contributed by atoms with Crippen molar-refractivity contribution in [2.75, 3.05) is 47.9 Å². The van der Waals surface area contributed by atoms with E-state index in [1.54, 1.807) is 62.8 Å². The summed E-state index contributed by atoms with van der Waals surface area (Å²) >= 11 is 2.16. The average Bonchev–Trinajstić information content (AvgIpc) is 3.78. The molecule has 2 amide bonds. The number of ketones is 2. The van der Waals surface area contributed by atoms with Gasteiger partial charge in [0.25, 0.3) is 0 Å². The molecule has 0 aromatic heterocycles. The van der Waals surface area contributed by atoms with Crippen LogP contribution in [0, 0.1) is 27.8 Å². The van der Waals surface area contributed by atoms with Gasteiger partial charge in [-0.2, -0.15) is 0 Å². The van der Waals surface area contributed by atoms with Crippen molar-refractivity contribution in [2.45, 2.75) is 104 Å². The molecule has 0 bridgehead atoms. The largest absolute Gasteiger partial charge is 0.495 e. The van der Waals surface area contributed by atoms with Gasteiger partial charge in [0.2, 0.25) is 21.8 Å². The van der Waals surface area contributed by atoms with Crippen LogP contribution in [-0.4, -0.2) is 79.7 Å². The van der Waals surface area contributed by atoms with Crippen molar-refractivity contribution >= 4 is 82.9 Å². The van der Waals surface area contributed by atoms with Crippen molar-refractivity contribution in [3.8, 4) is 35.7 Å². The first-order chi connectivity index (χ1) is 34.0. The van der Waals surface area contributed by atoms with E-state index in [2.05, 4.69) is 52.0 Å². The highest BCUT2D eigenvalue weighted by molar-refractivity contribution is 14.1. The molecule has 1 unspecified atom stereocenters. The number of ether oxygens (including phenoxy) is 3. The maximum atomic E-state index is 12.5. The van der Waals surface area contributed by atoms with E-state index in [4.69, 9.17) is 20.6 Å². The Morgan fingerprint density at radius 3 is 1.57 bits per heavy atom. The fourth-order valence-electron chi connectivity index (χ4n) is 7.38. The Labute approximate surface area is 452 Å². The van der Waals surface area contributed by atoms with E-state index in [9.17, 15) is 36.0 Å². The zero-order valence-corrected chi connectivity index (χ0v) is 47.0. The topological polar surface area (TPSA) is 183 Å². The molecule has 0 radical (unpaired) electrons. The number of allylic oxidation sites excluding steroid dienone is 2. The van der Waals surface area contributed by atoms with E-state index in [0.29, 0.717) is 51.4 Å². The zero-order chi connectivity index (χ0) is 54.5. The van der Waals surface area contributed by atoms with Crippen LogP contribution in [0.1, 0.15) is 115 Å². The molecule has 7 rings (SSSR count). The first kappa shape index (κ1) is 62.0. The van der Waals surface area contributed by atoms with Gasteiger partial charge in [0, 0.05) is 51.2 Å². The predicted molar refractivity (Wildman–Crippen MR) is 304 cm³/mol. The molecular formula is C57H68IN3O11S2. The number of anilines is 3. The van der Waals surface area contributed by atoms with Crippen LogP contribution in [0.2, 0.25) is 0 Å². The van der Waals surface area contributed by atoms with Crippen molar-refractivity contribution in [3.63, 3.8) is 0 Å². The number of methoxy groups -OCH3 is 2. The summed E-state index contributed by atoms with van der Waals surface area (Å²) in [7, 11) is -3.09. The Bertz CT molecular complexity index is 3070. The molecular weight excluding hydrogens is 1090 g/mol. The molecule has 1 atom stereocenters. The lowest BCUT2D eigenvalue weighted by molar-refractivity contribution is -0.126. The summed E-state index contributed by atoms with van der Waals surface area (Å²) in [6.07, 6.45) is 16.5.